The fourth-order valence-corrected chi connectivity index (χ4v) is 4.05. The van der Waals surface area contributed by atoms with E-state index in [0.29, 0.717) is 32.2 Å². The number of carbonyl (C=O) groups excluding carboxylic acids is 5. The molecule has 204 valence electrons. The van der Waals surface area contributed by atoms with Crippen molar-refractivity contribution in [2.75, 3.05) is 13.1 Å². The summed E-state index contributed by atoms with van der Waals surface area (Å²) >= 11 is 0. The molecule has 15 nitrogen and oxygen atoms in total. The number of amides is 5. The lowest BCUT2D eigenvalue weighted by atomic mass is 10.1. The number of nitrogens with zero attached hydrogens (tertiary/aromatic N) is 3. The molecular formula is C22H36N10O5. The van der Waals surface area contributed by atoms with Crippen LogP contribution in [0.1, 0.15) is 50.6 Å². The molecule has 1 saturated heterocycles. The SMILES string of the molecule is NC(=O)CCC(NC(=O)CCc1cnc[nH]1)C(=O)NC(CCCN=C(N)N)C(=O)N1CCCC1C(N)=O. The molecule has 1 aliphatic heterocycles. The molecule has 0 aromatic carbocycles. The van der Waals surface area contributed by atoms with Crippen LogP contribution in [0.15, 0.2) is 17.5 Å². The summed E-state index contributed by atoms with van der Waals surface area (Å²) in [6.07, 6.45) is 4.85. The third kappa shape index (κ3) is 9.77. The van der Waals surface area contributed by atoms with E-state index in [1.54, 1.807) is 6.20 Å². The van der Waals surface area contributed by atoms with Crippen molar-refractivity contribution in [2.45, 2.75) is 69.5 Å². The molecule has 37 heavy (non-hydrogen) atoms. The molecule has 15 heteroatoms. The van der Waals surface area contributed by atoms with Crippen molar-refractivity contribution in [1.82, 2.24) is 25.5 Å². The average Bonchev–Trinajstić information content (AvgIpc) is 3.53. The van der Waals surface area contributed by atoms with Gasteiger partial charge in [-0.1, -0.05) is 0 Å². The minimum Gasteiger partial charge on any atom is -0.370 e. The standard InChI is InChI=1S/C22H36N10O5/c23-17(33)7-6-14(30-18(34)8-5-13-11-27-12-29-13)20(36)31-15(3-1-9-28-22(25)26)21(37)32-10-2-4-16(32)19(24)35/h11-12,14-16H,1-10H2,(H2,23,33)(H2,24,35)(H,27,29)(H,30,34)(H,31,36)(H4,25,26,28). The van der Waals surface area contributed by atoms with E-state index in [4.69, 9.17) is 22.9 Å². The molecule has 0 bridgehead atoms. The molecule has 1 fully saturated rings. The summed E-state index contributed by atoms with van der Waals surface area (Å²) in [6.45, 7) is 0.541. The van der Waals surface area contributed by atoms with Crippen LogP contribution in [0, 0.1) is 0 Å². The zero-order valence-corrected chi connectivity index (χ0v) is 20.7. The summed E-state index contributed by atoms with van der Waals surface area (Å²) in [7, 11) is 0. The maximum Gasteiger partial charge on any atom is 0.245 e. The van der Waals surface area contributed by atoms with Crippen LogP contribution in [0.2, 0.25) is 0 Å². The molecule has 5 amide bonds. The summed E-state index contributed by atoms with van der Waals surface area (Å²) in [6, 6.07) is -2.91. The Balaban J connectivity index is 2.12. The minimum atomic E-state index is -1.11. The van der Waals surface area contributed by atoms with Crippen molar-refractivity contribution in [3.8, 4) is 0 Å². The topological polar surface area (TPSA) is 258 Å². The maximum atomic E-state index is 13.3. The monoisotopic (exact) mass is 520 g/mol. The Morgan fingerprint density at radius 3 is 2.46 bits per heavy atom. The van der Waals surface area contributed by atoms with Crippen molar-refractivity contribution in [1.29, 1.82) is 0 Å². The number of nitrogens with one attached hydrogen (secondary N) is 3. The summed E-state index contributed by atoms with van der Waals surface area (Å²) in [5.74, 6) is -2.94. The first kappa shape index (κ1) is 29.1. The number of hydrogen-bond donors (Lipinski definition) is 7. The summed E-state index contributed by atoms with van der Waals surface area (Å²) in [5.41, 5.74) is 22.1. The smallest absolute Gasteiger partial charge is 0.245 e. The predicted molar refractivity (Wildman–Crippen MR) is 133 cm³/mol. The van der Waals surface area contributed by atoms with E-state index in [2.05, 4.69) is 25.6 Å². The first-order chi connectivity index (χ1) is 17.6. The third-order valence-corrected chi connectivity index (χ3v) is 5.93. The van der Waals surface area contributed by atoms with Gasteiger partial charge in [-0.15, -0.1) is 0 Å². The number of H-pyrrole nitrogens is 1. The first-order valence-corrected chi connectivity index (χ1v) is 12.1. The summed E-state index contributed by atoms with van der Waals surface area (Å²) in [5, 5.41) is 5.27. The van der Waals surface area contributed by atoms with E-state index in [9.17, 15) is 24.0 Å². The lowest BCUT2D eigenvalue weighted by Crippen LogP contribution is -2.56. The van der Waals surface area contributed by atoms with E-state index >= 15 is 0 Å². The van der Waals surface area contributed by atoms with Gasteiger partial charge >= 0.3 is 0 Å². The normalized spacial score (nSPS) is 16.4. The molecule has 3 unspecified atom stereocenters. The van der Waals surface area contributed by atoms with E-state index in [-0.39, 0.29) is 38.2 Å². The van der Waals surface area contributed by atoms with Gasteiger partial charge in [0.1, 0.15) is 18.1 Å². The van der Waals surface area contributed by atoms with Crippen molar-refractivity contribution in [3.05, 3.63) is 18.2 Å². The summed E-state index contributed by atoms with van der Waals surface area (Å²) < 4.78 is 0. The second-order valence-corrected chi connectivity index (χ2v) is 8.80. The molecule has 2 heterocycles. The van der Waals surface area contributed by atoms with Gasteiger partial charge in [0.2, 0.25) is 29.5 Å². The fraction of sp³-hybridized carbons (Fsp3) is 0.591. The van der Waals surface area contributed by atoms with E-state index < -0.39 is 47.7 Å². The van der Waals surface area contributed by atoms with E-state index in [0.717, 1.165) is 5.69 Å². The van der Waals surface area contributed by atoms with Crippen LogP contribution in [0.4, 0.5) is 0 Å². The number of aromatic amines is 1. The molecular weight excluding hydrogens is 484 g/mol. The number of hydrogen-bond acceptors (Lipinski definition) is 7. The van der Waals surface area contributed by atoms with Crippen molar-refractivity contribution in [2.24, 2.45) is 27.9 Å². The zero-order valence-electron chi connectivity index (χ0n) is 20.7. The number of imidazole rings is 1. The quantitative estimate of drug-likeness (QED) is 0.0715. The van der Waals surface area contributed by atoms with Crippen LogP contribution in [0.25, 0.3) is 0 Å². The highest BCUT2D eigenvalue weighted by molar-refractivity contribution is 5.94. The number of primary amides is 2. The number of aliphatic imine (C=N–C) groups is 1. The third-order valence-electron chi connectivity index (χ3n) is 5.93. The zero-order chi connectivity index (χ0) is 27.4. The highest BCUT2D eigenvalue weighted by Crippen LogP contribution is 2.19. The second-order valence-electron chi connectivity index (χ2n) is 8.80. The molecule has 1 aromatic rings. The number of carbonyl (C=O) groups is 5. The largest absolute Gasteiger partial charge is 0.370 e. The van der Waals surface area contributed by atoms with Gasteiger partial charge in [0, 0.05) is 37.8 Å². The first-order valence-electron chi connectivity index (χ1n) is 12.1. The van der Waals surface area contributed by atoms with Gasteiger partial charge in [-0.25, -0.2) is 4.98 Å². The van der Waals surface area contributed by atoms with Crippen LogP contribution >= 0.6 is 0 Å². The maximum absolute atomic E-state index is 13.3. The molecule has 11 N–H and O–H groups in total. The van der Waals surface area contributed by atoms with Gasteiger partial charge in [0.15, 0.2) is 5.96 Å². The Bertz CT molecular complexity index is 977. The van der Waals surface area contributed by atoms with E-state index in [1.165, 1.54) is 11.2 Å². The number of rotatable bonds is 15. The highest BCUT2D eigenvalue weighted by Gasteiger charge is 2.37. The van der Waals surface area contributed by atoms with Crippen molar-refractivity contribution in [3.63, 3.8) is 0 Å². The number of guanidine groups is 1. The van der Waals surface area contributed by atoms with Gasteiger partial charge < -0.3 is 43.5 Å². The van der Waals surface area contributed by atoms with Gasteiger partial charge in [-0.05, 0) is 38.5 Å². The van der Waals surface area contributed by atoms with Gasteiger partial charge in [-0.3, -0.25) is 29.0 Å². The molecule has 0 spiro atoms. The molecule has 0 aliphatic carbocycles. The lowest BCUT2D eigenvalue weighted by Gasteiger charge is -2.29. The number of aryl methyl sites for hydroxylation is 1. The Labute approximate surface area is 214 Å². The van der Waals surface area contributed by atoms with Crippen LogP contribution in [-0.2, 0) is 30.4 Å². The van der Waals surface area contributed by atoms with Gasteiger partial charge in [-0.2, -0.15) is 0 Å². The van der Waals surface area contributed by atoms with E-state index in [1.807, 2.05) is 0 Å². The van der Waals surface area contributed by atoms with Gasteiger partial charge in [0.25, 0.3) is 0 Å². The minimum absolute atomic E-state index is 0.0561. The van der Waals surface area contributed by atoms with Crippen LogP contribution in [0.5, 0.6) is 0 Å². The molecule has 1 aromatic heterocycles. The van der Waals surface area contributed by atoms with Crippen molar-refractivity contribution >= 4 is 35.5 Å². The molecule has 2 rings (SSSR count). The number of aromatic nitrogens is 2. The molecule has 1 aliphatic rings. The lowest BCUT2D eigenvalue weighted by molar-refractivity contribution is -0.141. The molecule has 0 saturated carbocycles. The number of nitrogens with two attached hydrogens (primary N) is 4. The Kier molecular flexibility index (Phi) is 11.3. The second kappa shape index (κ2) is 14.4. The Hall–Kier alpha value is -4.17. The Morgan fingerprint density at radius 1 is 1.08 bits per heavy atom. The van der Waals surface area contributed by atoms with Gasteiger partial charge in [0.05, 0.1) is 6.33 Å². The summed E-state index contributed by atoms with van der Waals surface area (Å²) in [4.78, 5) is 74.2. The fourth-order valence-electron chi connectivity index (χ4n) is 4.05. The van der Waals surface area contributed by atoms with Crippen LogP contribution in [-0.4, -0.2) is 81.6 Å². The number of likely N-dealkylation sites (tertiary alicyclic amines) is 1. The molecule has 3 atom stereocenters. The predicted octanol–water partition coefficient (Wildman–Crippen LogP) is -2.89. The van der Waals surface area contributed by atoms with Crippen molar-refractivity contribution < 1.29 is 24.0 Å². The van der Waals surface area contributed by atoms with Crippen LogP contribution < -0.4 is 33.6 Å². The van der Waals surface area contributed by atoms with Crippen LogP contribution in [0.3, 0.4) is 0 Å². The Morgan fingerprint density at radius 2 is 1.84 bits per heavy atom. The highest BCUT2D eigenvalue weighted by atomic mass is 16.2. The average molecular weight is 521 g/mol. The molecule has 0 radical (unpaired) electrons.